The Morgan fingerprint density at radius 1 is 1.22 bits per heavy atom. The number of nitrogens with zero attached hydrogens (tertiary/aromatic N) is 2. The van der Waals surface area contributed by atoms with E-state index in [2.05, 4.69) is 9.71 Å². The summed E-state index contributed by atoms with van der Waals surface area (Å²) < 4.78 is 28.8. The van der Waals surface area contributed by atoms with Gasteiger partial charge in [0.1, 0.15) is 5.82 Å². The Labute approximate surface area is 187 Å². The lowest BCUT2D eigenvalue weighted by Crippen LogP contribution is -2.41. The number of aromatic nitrogens is 2. The van der Waals surface area contributed by atoms with Crippen LogP contribution in [0.4, 0.5) is 11.5 Å². The molecule has 0 atom stereocenters. The zero-order valence-electron chi connectivity index (χ0n) is 18.8. The average Bonchev–Trinajstić information content (AvgIpc) is 2.72. The van der Waals surface area contributed by atoms with Crippen molar-refractivity contribution in [2.24, 2.45) is 0 Å². The topological polar surface area (TPSA) is 147 Å². The number of carbonyl (C=O) groups excluding carboxylic acids is 1. The fourth-order valence-corrected chi connectivity index (χ4v) is 4.54. The largest absolute Gasteiger partial charge is 0.383 e. The van der Waals surface area contributed by atoms with Gasteiger partial charge in [-0.15, -0.1) is 0 Å². The Balaban J connectivity index is 2.61. The van der Waals surface area contributed by atoms with E-state index in [0.29, 0.717) is 12.8 Å². The number of aromatic amines is 1. The van der Waals surface area contributed by atoms with Gasteiger partial charge in [0.2, 0.25) is 10.0 Å². The van der Waals surface area contributed by atoms with E-state index in [1.54, 1.807) is 13.8 Å². The van der Waals surface area contributed by atoms with E-state index in [1.807, 2.05) is 13.8 Å². The van der Waals surface area contributed by atoms with Gasteiger partial charge in [-0.25, -0.2) is 17.9 Å². The first-order valence-electron chi connectivity index (χ1n) is 10.6. The Hall–Kier alpha value is -2.92. The van der Waals surface area contributed by atoms with Gasteiger partial charge < -0.3 is 10.6 Å². The van der Waals surface area contributed by atoms with E-state index in [1.165, 1.54) is 33.7 Å². The van der Waals surface area contributed by atoms with Crippen molar-refractivity contribution in [1.82, 2.24) is 14.3 Å². The van der Waals surface area contributed by atoms with Crippen molar-refractivity contribution in [1.29, 1.82) is 0 Å². The van der Waals surface area contributed by atoms with Crippen LogP contribution < -0.4 is 26.6 Å². The summed E-state index contributed by atoms with van der Waals surface area (Å²) in [5.74, 6) is -0.686. The maximum Gasteiger partial charge on any atom is 0.330 e. The Bertz CT molecular complexity index is 1180. The lowest BCUT2D eigenvalue weighted by molar-refractivity contribution is 0.0986. The minimum absolute atomic E-state index is 0.0645. The first kappa shape index (κ1) is 25.3. The Morgan fingerprint density at radius 2 is 1.91 bits per heavy atom. The number of H-pyrrole nitrogens is 1. The lowest BCUT2D eigenvalue weighted by atomic mass is 10.1. The van der Waals surface area contributed by atoms with Gasteiger partial charge in [0.05, 0.1) is 4.90 Å². The summed E-state index contributed by atoms with van der Waals surface area (Å²) in [6.07, 6.45) is 1.91. The molecule has 1 aromatic carbocycles. The molecule has 0 unspecified atom stereocenters. The average molecular weight is 466 g/mol. The first-order valence-corrected chi connectivity index (χ1v) is 12.1. The smallest absolute Gasteiger partial charge is 0.330 e. The van der Waals surface area contributed by atoms with E-state index in [0.717, 1.165) is 6.42 Å². The maximum absolute atomic E-state index is 13.4. The number of amides is 1. The lowest BCUT2D eigenvalue weighted by Gasteiger charge is -2.24. The standard InChI is InChI=1S/C21H31N5O5S/c1-5-7-12-25(17-18(22)26(11-6-2)21(29)23-19(17)27)20(28)15-9-8-10-16(13-15)32(30,31)24-14(3)4/h8-10,13-14,24H,5-7,11-12,22H2,1-4H3,(H,23,27,29). The highest BCUT2D eigenvalue weighted by atomic mass is 32.2. The molecular weight excluding hydrogens is 434 g/mol. The second-order valence-corrected chi connectivity index (χ2v) is 9.47. The van der Waals surface area contributed by atoms with Crippen LogP contribution in [0.25, 0.3) is 0 Å². The van der Waals surface area contributed by atoms with Crippen LogP contribution in [0.1, 0.15) is 57.3 Å². The van der Waals surface area contributed by atoms with Crippen LogP contribution in [-0.4, -0.2) is 36.5 Å². The molecule has 0 spiro atoms. The molecule has 0 radical (unpaired) electrons. The number of rotatable bonds is 10. The summed E-state index contributed by atoms with van der Waals surface area (Å²) in [5, 5.41) is 0. The van der Waals surface area contributed by atoms with Crippen molar-refractivity contribution in [3.05, 3.63) is 50.7 Å². The molecule has 0 fully saturated rings. The molecule has 4 N–H and O–H groups in total. The van der Waals surface area contributed by atoms with Crippen LogP contribution >= 0.6 is 0 Å². The third kappa shape index (κ3) is 5.65. The van der Waals surface area contributed by atoms with Gasteiger partial charge in [-0.2, -0.15) is 0 Å². The molecule has 1 amide bonds. The molecule has 11 heteroatoms. The van der Waals surface area contributed by atoms with Crippen LogP contribution in [0, 0.1) is 0 Å². The minimum Gasteiger partial charge on any atom is -0.383 e. The maximum atomic E-state index is 13.4. The Morgan fingerprint density at radius 3 is 2.50 bits per heavy atom. The number of unbranched alkanes of at least 4 members (excludes halogenated alkanes) is 1. The molecule has 176 valence electrons. The summed E-state index contributed by atoms with van der Waals surface area (Å²) in [4.78, 5) is 41.6. The van der Waals surface area contributed by atoms with E-state index in [-0.39, 0.29) is 41.1 Å². The molecule has 0 saturated heterocycles. The van der Waals surface area contributed by atoms with Crippen molar-refractivity contribution in [3.8, 4) is 0 Å². The number of benzene rings is 1. The molecule has 0 aliphatic rings. The van der Waals surface area contributed by atoms with Crippen LogP contribution in [0.15, 0.2) is 38.8 Å². The number of hydrogen-bond donors (Lipinski definition) is 3. The Kier molecular flexibility index (Phi) is 8.39. The number of hydrogen-bond acceptors (Lipinski definition) is 6. The number of anilines is 2. The summed E-state index contributed by atoms with van der Waals surface area (Å²) in [6.45, 7) is 7.62. The fourth-order valence-electron chi connectivity index (χ4n) is 3.25. The zero-order valence-corrected chi connectivity index (χ0v) is 19.7. The minimum atomic E-state index is -3.82. The number of sulfonamides is 1. The molecule has 0 saturated carbocycles. The highest BCUT2D eigenvalue weighted by Gasteiger charge is 2.26. The van der Waals surface area contributed by atoms with E-state index in [4.69, 9.17) is 5.73 Å². The van der Waals surface area contributed by atoms with E-state index in [9.17, 15) is 22.8 Å². The van der Waals surface area contributed by atoms with Gasteiger partial charge in [0, 0.05) is 24.7 Å². The van der Waals surface area contributed by atoms with Crippen molar-refractivity contribution < 1.29 is 13.2 Å². The van der Waals surface area contributed by atoms with Gasteiger partial charge >= 0.3 is 5.69 Å². The molecule has 0 bridgehead atoms. The number of nitrogens with one attached hydrogen (secondary N) is 2. The van der Waals surface area contributed by atoms with Crippen LogP contribution in [0.2, 0.25) is 0 Å². The number of nitrogens with two attached hydrogens (primary N) is 1. The molecule has 10 nitrogen and oxygen atoms in total. The molecule has 2 rings (SSSR count). The molecule has 32 heavy (non-hydrogen) atoms. The predicted molar refractivity (Wildman–Crippen MR) is 125 cm³/mol. The van der Waals surface area contributed by atoms with Crippen LogP contribution in [-0.2, 0) is 16.6 Å². The van der Waals surface area contributed by atoms with Gasteiger partial charge in [0.15, 0.2) is 5.69 Å². The SMILES string of the molecule is CCCCN(C(=O)c1cccc(S(=O)(=O)NC(C)C)c1)c1c(N)n(CCC)c(=O)[nH]c1=O. The molecular formula is C21H31N5O5S. The molecule has 2 aromatic rings. The second-order valence-electron chi connectivity index (χ2n) is 7.76. The summed E-state index contributed by atoms with van der Waals surface area (Å²) in [5.41, 5.74) is 4.71. The van der Waals surface area contributed by atoms with Gasteiger partial charge in [-0.1, -0.05) is 26.3 Å². The van der Waals surface area contributed by atoms with E-state index >= 15 is 0 Å². The third-order valence-corrected chi connectivity index (χ3v) is 6.35. The quantitative estimate of drug-likeness (QED) is 0.486. The van der Waals surface area contributed by atoms with Crippen molar-refractivity contribution in [3.63, 3.8) is 0 Å². The summed E-state index contributed by atoms with van der Waals surface area (Å²) >= 11 is 0. The monoisotopic (exact) mass is 465 g/mol. The van der Waals surface area contributed by atoms with E-state index < -0.39 is 27.2 Å². The molecule has 1 aromatic heterocycles. The van der Waals surface area contributed by atoms with Gasteiger partial charge in [0.25, 0.3) is 11.5 Å². The van der Waals surface area contributed by atoms with Crippen molar-refractivity contribution >= 4 is 27.4 Å². The molecule has 0 aliphatic carbocycles. The predicted octanol–water partition coefficient (Wildman–Crippen LogP) is 1.66. The van der Waals surface area contributed by atoms with Gasteiger partial charge in [-0.05, 0) is 44.9 Å². The van der Waals surface area contributed by atoms with Crippen molar-refractivity contribution in [2.75, 3.05) is 17.2 Å². The normalized spacial score (nSPS) is 11.7. The van der Waals surface area contributed by atoms with Crippen LogP contribution in [0.3, 0.4) is 0 Å². The van der Waals surface area contributed by atoms with Gasteiger partial charge in [-0.3, -0.25) is 19.1 Å². The second kappa shape index (κ2) is 10.6. The zero-order chi connectivity index (χ0) is 24.1. The molecule has 0 aliphatic heterocycles. The third-order valence-electron chi connectivity index (χ3n) is 4.69. The molecule has 1 heterocycles. The van der Waals surface area contributed by atoms with Crippen LogP contribution in [0.5, 0.6) is 0 Å². The highest BCUT2D eigenvalue weighted by Crippen LogP contribution is 2.22. The van der Waals surface area contributed by atoms with Crippen molar-refractivity contribution in [2.45, 2.75) is 64.4 Å². The summed E-state index contributed by atoms with van der Waals surface area (Å²) in [6, 6.07) is 5.27. The number of nitrogen functional groups attached to an aromatic ring is 1. The number of carbonyl (C=O) groups is 1. The fraction of sp³-hybridized carbons (Fsp3) is 0.476. The summed E-state index contributed by atoms with van der Waals surface area (Å²) in [7, 11) is -3.82. The highest BCUT2D eigenvalue weighted by molar-refractivity contribution is 7.89. The first-order chi connectivity index (χ1) is 15.0.